The van der Waals surface area contributed by atoms with Crippen LogP contribution in [0.3, 0.4) is 0 Å². The van der Waals surface area contributed by atoms with E-state index in [1.54, 1.807) is 11.8 Å². The van der Waals surface area contributed by atoms with E-state index >= 15 is 0 Å². The van der Waals surface area contributed by atoms with Crippen molar-refractivity contribution >= 4 is 39.5 Å². The average Bonchev–Trinajstić information content (AvgIpc) is 3.29. The molecule has 1 atom stereocenters. The first-order chi connectivity index (χ1) is 19.2. The Bertz CT molecular complexity index is 1640. The first-order valence-corrected chi connectivity index (χ1v) is 14.6. The lowest BCUT2D eigenvalue weighted by molar-refractivity contribution is -0.145. The fraction of sp³-hybridized carbons (Fsp3) is 0.294. The third kappa shape index (κ3) is 6.18. The van der Waals surface area contributed by atoms with Gasteiger partial charge in [0.1, 0.15) is 18.3 Å². The predicted octanol–water partition coefficient (Wildman–Crippen LogP) is 8.38. The van der Waals surface area contributed by atoms with Gasteiger partial charge in [-0.05, 0) is 50.1 Å². The second-order valence-corrected chi connectivity index (χ2v) is 12.8. The highest BCUT2D eigenvalue weighted by Crippen LogP contribution is 2.45. The van der Waals surface area contributed by atoms with Crippen molar-refractivity contribution in [3.8, 4) is 5.75 Å². The summed E-state index contributed by atoms with van der Waals surface area (Å²) in [5, 5.41) is 2.19. The fourth-order valence-electron chi connectivity index (χ4n) is 4.98. The van der Waals surface area contributed by atoms with Gasteiger partial charge in [-0.25, -0.2) is 4.98 Å². The highest BCUT2D eigenvalue weighted by molar-refractivity contribution is 8.00. The van der Waals surface area contributed by atoms with Crippen LogP contribution in [-0.4, -0.2) is 27.3 Å². The monoisotopic (exact) mass is 552 g/mol. The van der Waals surface area contributed by atoms with Gasteiger partial charge in [-0.3, -0.25) is 4.79 Å². The molecule has 206 valence electrons. The smallest absolute Gasteiger partial charge is 0.315 e. The van der Waals surface area contributed by atoms with Crippen molar-refractivity contribution in [1.82, 2.24) is 9.97 Å². The second-order valence-electron chi connectivity index (χ2n) is 11.0. The summed E-state index contributed by atoms with van der Waals surface area (Å²) in [6.07, 6.45) is 0.556. The van der Waals surface area contributed by atoms with E-state index in [0.29, 0.717) is 19.6 Å². The molecule has 0 saturated heterocycles. The lowest BCUT2D eigenvalue weighted by Crippen LogP contribution is -2.20. The summed E-state index contributed by atoms with van der Waals surface area (Å²) in [4.78, 5) is 22.8. The average molecular weight is 553 g/mol. The van der Waals surface area contributed by atoms with E-state index in [0.717, 1.165) is 55.0 Å². The minimum absolute atomic E-state index is 0.0752. The SMILES string of the molecule is CCOC(=O)C(Cc1ccccc1)c1[nH]c2ccc(OCc3ccc4ccccc4n3)c(C)c2c1SC(C)(C)C. The molecule has 0 fully saturated rings. The van der Waals surface area contributed by atoms with Crippen LogP contribution in [-0.2, 0) is 22.6 Å². The summed E-state index contributed by atoms with van der Waals surface area (Å²) in [6, 6.07) is 26.4. The molecule has 5 rings (SSSR count). The summed E-state index contributed by atoms with van der Waals surface area (Å²) in [7, 11) is 0. The molecule has 0 aliphatic heterocycles. The third-order valence-corrected chi connectivity index (χ3v) is 8.04. The number of nitrogens with one attached hydrogen (secondary N) is 1. The van der Waals surface area contributed by atoms with E-state index in [-0.39, 0.29) is 10.7 Å². The van der Waals surface area contributed by atoms with Crippen molar-refractivity contribution in [2.24, 2.45) is 0 Å². The van der Waals surface area contributed by atoms with Crippen molar-refractivity contribution in [2.45, 2.75) is 63.2 Å². The van der Waals surface area contributed by atoms with Crippen LogP contribution < -0.4 is 4.74 Å². The maximum atomic E-state index is 13.4. The third-order valence-electron chi connectivity index (χ3n) is 6.80. The molecule has 0 bridgehead atoms. The second kappa shape index (κ2) is 11.8. The summed E-state index contributed by atoms with van der Waals surface area (Å²) in [5.74, 6) is 0.134. The van der Waals surface area contributed by atoms with Crippen LogP contribution in [0.15, 0.2) is 83.8 Å². The molecule has 0 saturated carbocycles. The number of pyridine rings is 1. The normalized spacial score (nSPS) is 12.5. The van der Waals surface area contributed by atoms with E-state index in [9.17, 15) is 4.79 Å². The Morgan fingerprint density at radius 1 is 0.975 bits per heavy atom. The molecule has 6 heteroatoms. The first kappa shape index (κ1) is 27.8. The Morgan fingerprint density at radius 3 is 2.48 bits per heavy atom. The van der Waals surface area contributed by atoms with E-state index in [4.69, 9.17) is 14.5 Å². The number of H-pyrrole nitrogens is 1. The number of aromatic amines is 1. The van der Waals surface area contributed by atoms with Gasteiger partial charge < -0.3 is 14.5 Å². The minimum atomic E-state index is -0.454. The number of para-hydroxylation sites is 1. The lowest BCUT2D eigenvalue weighted by Gasteiger charge is -2.22. The number of carbonyl (C=O) groups excluding carboxylic acids is 1. The zero-order valence-electron chi connectivity index (χ0n) is 23.8. The molecule has 5 nitrogen and oxygen atoms in total. The molecule has 0 aliphatic carbocycles. The Kier molecular flexibility index (Phi) is 8.17. The number of carbonyl (C=O) groups is 1. The minimum Gasteiger partial charge on any atom is -0.487 e. The molecule has 40 heavy (non-hydrogen) atoms. The highest BCUT2D eigenvalue weighted by atomic mass is 32.2. The first-order valence-electron chi connectivity index (χ1n) is 13.8. The summed E-state index contributed by atoms with van der Waals surface area (Å²) < 4.78 is 11.8. The molecule has 3 aromatic carbocycles. The summed E-state index contributed by atoms with van der Waals surface area (Å²) >= 11 is 1.77. The highest BCUT2D eigenvalue weighted by Gasteiger charge is 2.31. The van der Waals surface area contributed by atoms with Gasteiger partial charge in [-0.2, -0.15) is 0 Å². The number of aryl methyl sites for hydroxylation is 1. The largest absolute Gasteiger partial charge is 0.487 e. The number of nitrogens with zero attached hydrogens (tertiary/aromatic N) is 1. The van der Waals surface area contributed by atoms with Crippen LogP contribution in [0.4, 0.5) is 0 Å². The van der Waals surface area contributed by atoms with Crippen LogP contribution in [0.5, 0.6) is 5.75 Å². The van der Waals surface area contributed by atoms with Crippen molar-refractivity contribution in [1.29, 1.82) is 0 Å². The van der Waals surface area contributed by atoms with Crippen LogP contribution >= 0.6 is 11.8 Å². The Morgan fingerprint density at radius 2 is 1.73 bits per heavy atom. The molecule has 0 radical (unpaired) electrons. The molecule has 1 N–H and O–H groups in total. The molecule has 0 aliphatic rings. The predicted molar refractivity (Wildman–Crippen MR) is 164 cm³/mol. The lowest BCUT2D eigenvalue weighted by atomic mass is 9.96. The number of aromatic nitrogens is 2. The van der Waals surface area contributed by atoms with Gasteiger partial charge in [-0.15, -0.1) is 11.8 Å². The zero-order valence-corrected chi connectivity index (χ0v) is 24.6. The maximum absolute atomic E-state index is 13.4. The Balaban J connectivity index is 1.55. The quantitative estimate of drug-likeness (QED) is 0.147. The number of ether oxygens (including phenoxy) is 2. The fourth-order valence-corrected chi connectivity index (χ4v) is 6.26. The Hall–Kier alpha value is -3.77. The molecule has 0 amide bonds. The molecule has 5 aromatic rings. The van der Waals surface area contributed by atoms with Crippen LogP contribution in [0.2, 0.25) is 0 Å². The van der Waals surface area contributed by atoms with Gasteiger partial charge in [0.2, 0.25) is 0 Å². The number of rotatable bonds is 9. The van der Waals surface area contributed by atoms with E-state index in [1.807, 2.05) is 61.5 Å². The van der Waals surface area contributed by atoms with E-state index < -0.39 is 5.92 Å². The number of benzene rings is 3. The van der Waals surface area contributed by atoms with Gasteiger partial charge in [-0.1, -0.05) is 75.4 Å². The number of thioether (sulfide) groups is 1. The van der Waals surface area contributed by atoms with Gasteiger partial charge in [0, 0.05) is 37.2 Å². The Labute approximate surface area is 240 Å². The zero-order chi connectivity index (χ0) is 28.3. The maximum Gasteiger partial charge on any atom is 0.315 e. The molecular formula is C34H36N2O3S. The van der Waals surface area contributed by atoms with Gasteiger partial charge in [0.15, 0.2) is 0 Å². The van der Waals surface area contributed by atoms with E-state index in [2.05, 4.69) is 56.9 Å². The molecule has 0 spiro atoms. The summed E-state index contributed by atoms with van der Waals surface area (Å²) in [5.41, 5.74) is 5.84. The van der Waals surface area contributed by atoms with Crippen molar-refractivity contribution in [3.05, 3.63) is 101 Å². The summed E-state index contributed by atoms with van der Waals surface area (Å²) in [6.45, 7) is 11.2. The van der Waals surface area contributed by atoms with Crippen LogP contribution in [0.1, 0.15) is 56.1 Å². The van der Waals surface area contributed by atoms with Crippen molar-refractivity contribution in [2.75, 3.05) is 6.61 Å². The standard InChI is InChI=1S/C34H36N2O3S/c1-6-38-33(37)26(20-23-12-8-7-9-13-23)31-32(40-34(3,4)5)30-22(2)29(19-18-28(30)36-31)39-21-25-17-16-24-14-10-11-15-27(24)35-25/h7-19,26,36H,6,20-21H2,1-5H3. The molecule has 2 aromatic heterocycles. The van der Waals surface area contributed by atoms with Crippen molar-refractivity contribution < 1.29 is 14.3 Å². The van der Waals surface area contributed by atoms with Gasteiger partial charge in [0.25, 0.3) is 0 Å². The van der Waals surface area contributed by atoms with Gasteiger partial charge in [0.05, 0.1) is 17.8 Å². The van der Waals surface area contributed by atoms with E-state index in [1.165, 1.54) is 0 Å². The molecule has 2 heterocycles. The number of hydrogen-bond donors (Lipinski definition) is 1. The molecule has 1 unspecified atom stereocenters. The number of hydrogen-bond acceptors (Lipinski definition) is 5. The van der Waals surface area contributed by atoms with Crippen LogP contribution in [0.25, 0.3) is 21.8 Å². The van der Waals surface area contributed by atoms with Gasteiger partial charge >= 0.3 is 5.97 Å². The molecular weight excluding hydrogens is 516 g/mol. The number of fused-ring (bicyclic) bond motifs is 2. The van der Waals surface area contributed by atoms with Crippen molar-refractivity contribution in [3.63, 3.8) is 0 Å². The van der Waals surface area contributed by atoms with Crippen LogP contribution in [0, 0.1) is 6.92 Å². The topological polar surface area (TPSA) is 64.2 Å². The number of esters is 1.